The minimum atomic E-state index is -3.53. The van der Waals surface area contributed by atoms with Crippen molar-refractivity contribution in [2.45, 2.75) is 50.5 Å². The number of amides is 1. The SMILES string of the molecule is CCOc1ccc(S(=O)(=O)N2CCC(NC(=O)CCc3ccc(C)cc3)CC2)cc1. The lowest BCUT2D eigenvalue weighted by Crippen LogP contribution is -2.46. The molecule has 0 aromatic heterocycles. The highest BCUT2D eigenvalue weighted by Gasteiger charge is 2.29. The van der Waals surface area contributed by atoms with Gasteiger partial charge in [-0.15, -0.1) is 0 Å². The van der Waals surface area contributed by atoms with E-state index in [0.717, 1.165) is 5.56 Å². The summed E-state index contributed by atoms with van der Waals surface area (Å²) in [4.78, 5) is 12.6. The number of rotatable bonds is 8. The van der Waals surface area contributed by atoms with E-state index in [-0.39, 0.29) is 16.8 Å². The molecule has 0 saturated carbocycles. The van der Waals surface area contributed by atoms with Crippen molar-refractivity contribution in [3.63, 3.8) is 0 Å². The lowest BCUT2D eigenvalue weighted by Gasteiger charge is -2.31. The molecule has 1 fully saturated rings. The van der Waals surface area contributed by atoms with Gasteiger partial charge in [0, 0.05) is 25.6 Å². The number of piperidine rings is 1. The van der Waals surface area contributed by atoms with E-state index in [2.05, 4.69) is 5.32 Å². The molecule has 1 heterocycles. The molecule has 1 aliphatic heterocycles. The Morgan fingerprint density at radius 3 is 2.30 bits per heavy atom. The molecule has 0 radical (unpaired) electrons. The number of sulfonamides is 1. The van der Waals surface area contributed by atoms with Crippen LogP contribution in [0, 0.1) is 6.92 Å². The van der Waals surface area contributed by atoms with E-state index in [4.69, 9.17) is 4.74 Å². The third kappa shape index (κ3) is 5.83. The molecule has 3 rings (SSSR count). The van der Waals surface area contributed by atoms with Crippen LogP contribution in [-0.2, 0) is 21.2 Å². The van der Waals surface area contributed by atoms with Gasteiger partial charge in [-0.05, 0) is 62.9 Å². The average molecular weight is 431 g/mol. The smallest absolute Gasteiger partial charge is 0.243 e. The molecular formula is C23H30N2O4S. The molecule has 7 heteroatoms. The molecule has 2 aromatic rings. The van der Waals surface area contributed by atoms with Crippen LogP contribution in [0.5, 0.6) is 5.75 Å². The highest BCUT2D eigenvalue weighted by molar-refractivity contribution is 7.89. The Bertz CT molecular complexity index is 932. The van der Waals surface area contributed by atoms with Crippen LogP contribution in [0.25, 0.3) is 0 Å². The fraction of sp³-hybridized carbons (Fsp3) is 0.435. The molecule has 0 spiro atoms. The second-order valence-corrected chi connectivity index (χ2v) is 9.57. The third-order valence-electron chi connectivity index (χ3n) is 5.35. The Morgan fingerprint density at radius 1 is 1.07 bits per heavy atom. The van der Waals surface area contributed by atoms with Crippen LogP contribution in [-0.4, -0.2) is 44.4 Å². The van der Waals surface area contributed by atoms with Gasteiger partial charge in [0.05, 0.1) is 11.5 Å². The van der Waals surface area contributed by atoms with E-state index in [1.165, 1.54) is 9.87 Å². The van der Waals surface area contributed by atoms with Crippen molar-refractivity contribution in [1.82, 2.24) is 9.62 Å². The van der Waals surface area contributed by atoms with Crippen LogP contribution >= 0.6 is 0 Å². The normalized spacial score (nSPS) is 15.7. The van der Waals surface area contributed by atoms with Crippen molar-refractivity contribution in [3.8, 4) is 5.75 Å². The van der Waals surface area contributed by atoms with Crippen molar-refractivity contribution < 1.29 is 17.9 Å². The van der Waals surface area contributed by atoms with E-state index in [1.807, 2.05) is 38.1 Å². The van der Waals surface area contributed by atoms with Crippen LogP contribution in [0.15, 0.2) is 53.4 Å². The molecule has 1 N–H and O–H groups in total. The molecule has 0 atom stereocenters. The van der Waals surface area contributed by atoms with Crippen LogP contribution in [0.4, 0.5) is 0 Å². The molecule has 1 saturated heterocycles. The lowest BCUT2D eigenvalue weighted by molar-refractivity contribution is -0.122. The summed E-state index contributed by atoms with van der Waals surface area (Å²) in [7, 11) is -3.53. The number of carbonyl (C=O) groups is 1. The van der Waals surface area contributed by atoms with Gasteiger partial charge in [0.25, 0.3) is 0 Å². The first-order chi connectivity index (χ1) is 14.4. The minimum Gasteiger partial charge on any atom is -0.494 e. The van der Waals surface area contributed by atoms with Gasteiger partial charge >= 0.3 is 0 Å². The first kappa shape index (κ1) is 22.3. The summed E-state index contributed by atoms with van der Waals surface area (Å²) in [6.07, 6.45) is 2.38. The molecule has 30 heavy (non-hydrogen) atoms. The molecule has 0 unspecified atom stereocenters. The van der Waals surface area contributed by atoms with E-state index >= 15 is 0 Å². The lowest BCUT2D eigenvalue weighted by atomic mass is 10.1. The Hall–Kier alpha value is -2.38. The van der Waals surface area contributed by atoms with Crippen LogP contribution in [0.3, 0.4) is 0 Å². The molecule has 0 bridgehead atoms. The maximum atomic E-state index is 12.9. The zero-order chi connectivity index (χ0) is 21.6. The molecule has 6 nitrogen and oxygen atoms in total. The number of nitrogens with zero attached hydrogens (tertiary/aromatic N) is 1. The van der Waals surface area contributed by atoms with Crippen LogP contribution in [0.1, 0.15) is 37.3 Å². The maximum Gasteiger partial charge on any atom is 0.243 e. The summed E-state index contributed by atoms with van der Waals surface area (Å²) in [5, 5.41) is 3.06. The van der Waals surface area contributed by atoms with Gasteiger partial charge in [-0.2, -0.15) is 4.31 Å². The van der Waals surface area contributed by atoms with Crippen LogP contribution < -0.4 is 10.1 Å². The topological polar surface area (TPSA) is 75.7 Å². The number of aryl methyl sites for hydroxylation is 2. The predicted octanol–water partition coefficient (Wildman–Crippen LogP) is 3.30. The maximum absolute atomic E-state index is 12.9. The molecular weight excluding hydrogens is 400 g/mol. The monoisotopic (exact) mass is 430 g/mol. The number of nitrogens with one attached hydrogen (secondary N) is 1. The third-order valence-corrected chi connectivity index (χ3v) is 7.27. The van der Waals surface area contributed by atoms with Gasteiger partial charge in [-0.25, -0.2) is 8.42 Å². The number of hydrogen-bond donors (Lipinski definition) is 1. The van der Waals surface area contributed by atoms with E-state index in [9.17, 15) is 13.2 Å². The second kappa shape index (κ2) is 10.1. The largest absolute Gasteiger partial charge is 0.494 e. The summed E-state index contributed by atoms with van der Waals surface area (Å²) < 4.78 is 32.6. The summed E-state index contributed by atoms with van der Waals surface area (Å²) >= 11 is 0. The van der Waals surface area contributed by atoms with Gasteiger partial charge < -0.3 is 10.1 Å². The van der Waals surface area contributed by atoms with Gasteiger partial charge in [-0.1, -0.05) is 29.8 Å². The predicted molar refractivity (Wildman–Crippen MR) is 117 cm³/mol. The first-order valence-corrected chi connectivity index (χ1v) is 11.9. The van der Waals surface area contributed by atoms with Crippen molar-refractivity contribution in [2.24, 2.45) is 0 Å². The summed E-state index contributed by atoms with van der Waals surface area (Å²) in [5.74, 6) is 0.673. The summed E-state index contributed by atoms with van der Waals surface area (Å²) in [5.41, 5.74) is 2.35. The van der Waals surface area contributed by atoms with Gasteiger partial charge in [-0.3, -0.25) is 4.79 Å². The van der Waals surface area contributed by atoms with E-state index < -0.39 is 10.0 Å². The Morgan fingerprint density at radius 2 is 1.70 bits per heavy atom. The van der Waals surface area contributed by atoms with Gasteiger partial charge in [0.15, 0.2) is 0 Å². The van der Waals surface area contributed by atoms with Gasteiger partial charge in [0.2, 0.25) is 15.9 Å². The fourth-order valence-electron chi connectivity index (χ4n) is 3.58. The highest BCUT2D eigenvalue weighted by atomic mass is 32.2. The van der Waals surface area contributed by atoms with Crippen molar-refractivity contribution in [1.29, 1.82) is 0 Å². The number of carbonyl (C=O) groups excluding carboxylic acids is 1. The first-order valence-electron chi connectivity index (χ1n) is 10.5. The highest BCUT2D eigenvalue weighted by Crippen LogP contribution is 2.23. The van der Waals surface area contributed by atoms with E-state index in [1.54, 1.807) is 24.3 Å². The zero-order valence-electron chi connectivity index (χ0n) is 17.6. The average Bonchev–Trinajstić information content (AvgIpc) is 2.74. The quantitative estimate of drug-likeness (QED) is 0.697. The molecule has 162 valence electrons. The minimum absolute atomic E-state index is 0.0160. The van der Waals surface area contributed by atoms with Crippen molar-refractivity contribution in [2.75, 3.05) is 19.7 Å². The van der Waals surface area contributed by atoms with E-state index in [0.29, 0.717) is 51.1 Å². The zero-order valence-corrected chi connectivity index (χ0v) is 18.5. The van der Waals surface area contributed by atoms with Gasteiger partial charge in [0.1, 0.15) is 5.75 Å². The van der Waals surface area contributed by atoms with Crippen molar-refractivity contribution in [3.05, 3.63) is 59.7 Å². The molecule has 2 aromatic carbocycles. The summed E-state index contributed by atoms with van der Waals surface area (Å²) in [6.45, 7) is 5.27. The van der Waals surface area contributed by atoms with Crippen LogP contribution in [0.2, 0.25) is 0 Å². The number of ether oxygens (including phenoxy) is 1. The van der Waals surface area contributed by atoms with Crippen molar-refractivity contribution >= 4 is 15.9 Å². The summed E-state index contributed by atoms with van der Waals surface area (Å²) in [6, 6.07) is 14.7. The molecule has 0 aliphatic carbocycles. The Kier molecular flexibility index (Phi) is 7.50. The Labute approximate surface area is 179 Å². The second-order valence-electron chi connectivity index (χ2n) is 7.64. The standard InChI is InChI=1S/C23H30N2O4S/c1-3-29-21-9-11-22(12-10-21)30(27,28)25-16-14-20(15-17-25)24-23(26)13-8-19-6-4-18(2)5-7-19/h4-7,9-12,20H,3,8,13-17H2,1-2H3,(H,24,26). The number of hydrogen-bond acceptors (Lipinski definition) is 4. The fourth-order valence-corrected chi connectivity index (χ4v) is 5.05. The molecule has 1 amide bonds. The molecule has 1 aliphatic rings. The number of benzene rings is 2. The Balaban J connectivity index is 1.47.